The fourth-order valence-corrected chi connectivity index (χ4v) is 3.29. The number of benzene rings is 3. The van der Waals surface area contributed by atoms with Crippen molar-refractivity contribution in [1.82, 2.24) is 0 Å². The zero-order chi connectivity index (χ0) is 13.0. The minimum Gasteiger partial charge on any atom is -0.192 e. The average molecular weight is 306 g/mol. The third-order valence-electron chi connectivity index (χ3n) is 3.72. The molecule has 0 saturated heterocycles. The summed E-state index contributed by atoms with van der Waals surface area (Å²) in [5.74, 6) is 0. The molecule has 0 unspecified atom stereocenters. The molecule has 0 aliphatic heterocycles. The molecule has 88 valence electrons. The van der Waals surface area contributed by atoms with Crippen molar-refractivity contribution in [1.29, 1.82) is 5.26 Å². The van der Waals surface area contributed by atoms with Gasteiger partial charge in [-0.3, -0.25) is 0 Å². The zero-order valence-electron chi connectivity index (χ0n) is 9.94. The van der Waals surface area contributed by atoms with Gasteiger partial charge >= 0.3 is 0 Å². The van der Waals surface area contributed by atoms with Crippen molar-refractivity contribution < 1.29 is 0 Å². The normalized spacial score (nSPS) is 11.4. The first kappa shape index (κ1) is 10.8. The van der Waals surface area contributed by atoms with Gasteiger partial charge in [0.15, 0.2) is 0 Å². The SMILES string of the molecule is N#Cc1ccc2c3c(cccc13)-c1ccc(Br)cc1-2. The minimum atomic E-state index is 0.743. The molecule has 0 spiro atoms. The number of nitriles is 1. The number of rotatable bonds is 0. The van der Waals surface area contributed by atoms with E-state index in [9.17, 15) is 5.26 Å². The van der Waals surface area contributed by atoms with Crippen LogP contribution in [0.1, 0.15) is 5.56 Å². The standard InChI is InChI=1S/C17H8BrN/c18-11-5-7-13-14-3-1-2-12-10(9-19)4-6-15(17(12)14)16(13)8-11/h1-8H. The van der Waals surface area contributed by atoms with Crippen LogP contribution in [-0.4, -0.2) is 0 Å². The molecule has 0 N–H and O–H groups in total. The summed E-state index contributed by atoms with van der Waals surface area (Å²) < 4.78 is 1.08. The number of hydrogen-bond acceptors (Lipinski definition) is 1. The van der Waals surface area contributed by atoms with Gasteiger partial charge in [-0.1, -0.05) is 46.3 Å². The van der Waals surface area contributed by atoms with Gasteiger partial charge in [-0.15, -0.1) is 0 Å². The van der Waals surface area contributed by atoms with Gasteiger partial charge in [-0.05, 0) is 45.8 Å². The Morgan fingerprint density at radius 1 is 0.842 bits per heavy atom. The smallest absolute Gasteiger partial charge is 0.0998 e. The van der Waals surface area contributed by atoms with E-state index in [1.165, 1.54) is 27.6 Å². The fourth-order valence-electron chi connectivity index (χ4n) is 2.93. The third-order valence-corrected chi connectivity index (χ3v) is 4.22. The van der Waals surface area contributed by atoms with Gasteiger partial charge in [-0.2, -0.15) is 5.26 Å². The van der Waals surface area contributed by atoms with Crippen LogP contribution in [0, 0.1) is 11.3 Å². The Morgan fingerprint density at radius 2 is 1.63 bits per heavy atom. The van der Waals surface area contributed by atoms with Crippen molar-refractivity contribution in [2.45, 2.75) is 0 Å². The van der Waals surface area contributed by atoms with Crippen molar-refractivity contribution in [3.8, 4) is 28.3 Å². The molecule has 3 aromatic carbocycles. The molecule has 19 heavy (non-hydrogen) atoms. The molecule has 0 bridgehead atoms. The first-order valence-electron chi connectivity index (χ1n) is 6.06. The highest BCUT2D eigenvalue weighted by molar-refractivity contribution is 9.10. The predicted molar refractivity (Wildman–Crippen MR) is 80.8 cm³/mol. The first-order valence-corrected chi connectivity index (χ1v) is 6.85. The van der Waals surface area contributed by atoms with Crippen LogP contribution in [0.4, 0.5) is 0 Å². The van der Waals surface area contributed by atoms with E-state index >= 15 is 0 Å². The van der Waals surface area contributed by atoms with Gasteiger partial charge < -0.3 is 0 Å². The Labute approximate surface area is 119 Å². The van der Waals surface area contributed by atoms with E-state index in [1.807, 2.05) is 18.2 Å². The van der Waals surface area contributed by atoms with Crippen LogP contribution in [0.25, 0.3) is 33.0 Å². The summed E-state index contributed by atoms with van der Waals surface area (Å²) in [6, 6.07) is 18.8. The Kier molecular flexibility index (Phi) is 2.09. The molecule has 4 rings (SSSR count). The van der Waals surface area contributed by atoms with Gasteiger partial charge in [0.1, 0.15) is 0 Å². The van der Waals surface area contributed by atoms with Gasteiger partial charge in [0.05, 0.1) is 11.6 Å². The van der Waals surface area contributed by atoms with Crippen molar-refractivity contribution in [3.05, 3.63) is 58.6 Å². The molecule has 0 amide bonds. The van der Waals surface area contributed by atoms with Crippen molar-refractivity contribution in [2.75, 3.05) is 0 Å². The van der Waals surface area contributed by atoms with E-state index in [0.29, 0.717) is 0 Å². The van der Waals surface area contributed by atoms with Crippen LogP contribution in [0.15, 0.2) is 53.0 Å². The Bertz CT molecular complexity index is 888. The van der Waals surface area contributed by atoms with Crippen molar-refractivity contribution in [2.24, 2.45) is 0 Å². The zero-order valence-corrected chi connectivity index (χ0v) is 11.5. The topological polar surface area (TPSA) is 23.8 Å². The molecule has 1 aliphatic carbocycles. The van der Waals surface area contributed by atoms with E-state index in [2.05, 4.69) is 52.3 Å². The predicted octanol–water partition coefficient (Wildman–Crippen LogP) is 5.12. The van der Waals surface area contributed by atoms with Gasteiger partial charge in [0.2, 0.25) is 0 Å². The van der Waals surface area contributed by atoms with Crippen LogP contribution >= 0.6 is 15.9 Å². The number of hydrogen-bond donors (Lipinski definition) is 0. The van der Waals surface area contributed by atoms with E-state index < -0.39 is 0 Å². The summed E-state index contributed by atoms with van der Waals surface area (Å²) in [7, 11) is 0. The molecule has 0 heterocycles. The minimum absolute atomic E-state index is 0.743. The summed E-state index contributed by atoms with van der Waals surface area (Å²) >= 11 is 3.53. The van der Waals surface area contributed by atoms with Crippen LogP contribution in [0.2, 0.25) is 0 Å². The lowest BCUT2D eigenvalue weighted by atomic mass is 9.99. The maximum atomic E-state index is 9.24. The van der Waals surface area contributed by atoms with E-state index in [1.54, 1.807) is 0 Å². The van der Waals surface area contributed by atoms with Gasteiger partial charge in [-0.25, -0.2) is 0 Å². The van der Waals surface area contributed by atoms with Gasteiger partial charge in [0, 0.05) is 9.86 Å². The second-order valence-electron chi connectivity index (χ2n) is 4.69. The molecule has 0 radical (unpaired) electrons. The van der Waals surface area contributed by atoms with Crippen LogP contribution in [0.3, 0.4) is 0 Å². The summed E-state index contributed by atoms with van der Waals surface area (Å²) in [4.78, 5) is 0. The lowest BCUT2D eigenvalue weighted by molar-refractivity contribution is 1.50. The lowest BCUT2D eigenvalue weighted by Crippen LogP contribution is -1.81. The van der Waals surface area contributed by atoms with Crippen LogP contribution in [0.5, 0.6) is 0 Å². The van der Waals surface area contributed by atoms with Crippen LogP contribution in [-0.2, 0) is 0 Å². The molecule has 0 atom stereocenters. The molecular weight excluding hydrogens is 298 g/mol. The number of halogens is 1. The molecule has 2 heteroatoms. The molecule has 1 aliphatic rings. The largest absolute Gasteiger partial charge is 0.192 e. The third kappa shape index (κ3) is 1.34. The first-order chi connectivity index (χ1) is 9.29. The molecule has 0 fully saturated rings. The van der Waals surface area contributed by atoms with E-state index in [4.69, 9.17) is 0 Å². The monoisotopic (exact) mass is 305 g/mol. The summed E-state index contributed by atoms with van der Waals surface area (Å²) in [6.07, 6.45) is 0. The Hall–Kier alpha value is -2.11. The van der Waals surface area contributed by atoms with Crippen LogP contribution < -0.4 is 0 Å². The summed E-state index contributed by atoms with van der Waals surface area (Å²) in [6.45, 7) is 0. The Balaban J connectivity index is 2.24. The molecule has 1 nitrogen and oxygen atoms in total. The highest BCUT2D eigenvalue weighted by Gasteiger charge is 2.22. The highest BCUT2D eigenvalue weighted by Crippen LogP contribution is 2.48. The van der Waals surface area contributed by atoms with E-state index in [-0.39, 0.29) is 0 Å². The quantitative estimate of drug-likeness (QED) is 0.442. The van der Waals surface area contributed by atoms with Crippen molar-refractivity contribution >= 4 is 26.7 Å². The second kappa shape index (κ2) is 3.69. The maximum Gasteiger partial charge on any atom is 0.0998 e. The van der Waals surface area contributed by atoms with Crippen molar-refractivity contribution in [3.63, 3.8) is 0 Å². The maximum absolute atomic E-state index is 9.24. The number of fused-ring (bicyclic) bond motifs is 3. The second-order valence-corrected chi connectivity index (χ2v) is 5.61. The lowest BCUT2D eigenvalue weighted by Gasteiger charge is -2.03. The number of nitrogens with zero attached hydrogens (tertiary/aromatic N) is 1. The van der Waals surface area contributed by atoms with E-state index in [0.717, 1.165) is 15.4 Å². The highest BCUT2D eigenvalue weighted by atomic mass is 79.9. The molecular formula is C17H8BrN. The summed E-state index contributed by atoms with van der Waals surface area (Å²) in [5.41, 5.74) is 5.68. The average Bonchev–Trinajstić information content (AvgIpc) is 2.75. The van der Waals surface area contributed by atoms with Gasteiger partial charge in [0.25, 0.3) is 0 Å². The fraction of sp³-hybridized carbons (Fsp3) is 0. The Morgan fingerprint density at radius 3 is 2.47 bits per heavy atom. The summed E-state index contributed by atoms with van der Waals surface area (Å²) in [5, 5.41) is 11.5. The molecule has 3 aromatic rings. The molecule has 0 saturated carbocycles. The molecule has 0 aromatic heterocycles.